The van der Waals surface area contributed by atoms with E-state index in [0.29, 0.717) is 5.56 Å². The zero-order valence-electron chi connectivity index (χ0n) is 9.02. The number of carbonyl (C=O) groups is 1. The maximum atomic E-state index is 13.8. The summed E-state index contributed by atoms with van der Waals surface area (Å²) in [4.78, 5) is 11.1. The number of ketones is 1. The van der Waals surface area contributed by atoms with E-state index in [9.17, 15) is 9.18 Å². The van der Waals surface area contributed by atoms with Gasteiger partial charge in [-0.2, -0.15) is 0 Å². The van der Waals surface area contributed by atoms with E-state index in [-0.39, 0.29) is 22.6 Å². The van der Waals surface area contributed by atoms with Crippen molar-refractivity contribution in [2.24, 2.45) is 0 Å². The summed E-state index contributed by atoms with van der Waals surface area (Å²) in [5.41, 5.74) is 0.498. The van der Waals surface area contributed by atoms with Crippen LogP contribution in [0.25, 0.3) is 0 Å². The molecule has 0 bridgehead atoms. The van der Waals surface area contributed by atoms with Gasteiger partial charge in [0.05, 0.1) is 5.56 Å². The Morgan fingerprint density at radius 2 is 1.86 bits per heavy atom. The van der Waals surface area contributed by atoms with Crippen LogP contribution in [-0.2, 0) is 5.41 Å². The van der Waals surface area contributed by atoms with Gasteiger partial charge >= 0.3 is 0 Å². The topological polar surface area (TPSA) is 17.1 Å². The Hall–Kier alpha value is -1.18. The summed E-state index contributed by atoms with van der Waals surface area (Å²) in [7, 11) is 0. The molecule has 1 nitrogen and oxygen atoms in total. The van der Waals surface area contributed by atoms with Crippen LogP contribution in [-0.4, -0.2) is 5.78 Å². The Bertz CT molecular complexity index is 361. The first-order valence-electron chi connectivity index (χ1n) is 4.64. The molecule has 0 fully saturated rings. The SMILES string of the molecule is CC(=O)c1cccc(C(C)(C)C)c1F. The smallest absolute Gasteiger partial charge is 0.162 e. The molecule has 0 amide bonds. The molecule has 0 atom stereocenters. The first kappa shape index (κ1) is 10.9. The number of rotatable bonds is 1. The highest BCUT2D eigenvalue weighted by atomic mass is 19.1. The van der Waals surface area contributed by atoms with Gasteiger partial charge in [-0.05, 0) is 24.0 Å². The molecule has 0 saturated heterocycles. The molecule has 1 aromatic carbocycles. The fourth-order valence-corrected chi connectivity index (χ4v) is 1.38. The van der Waals surface area contributed by atoms with Crippen LogP contribution in [0.3, 0.4) is 0 Å². The molecule has 0 spiro atoms. The van der Waals surface area contributed by atoms with E-state index in [2.05, 4.69) is 0 Å². The molecule has 0 radical (unpaired) electrons. The number of Topliss-reactive ketones (excluding diaryl/α,β-unsaturated/α-hetero) is 1. The van der Waals surface area contributed by atoms with Gasteiger partial charge in [0, 0.05) is 0 Å². The van der Waals surface area contributed by atoms with Gasteiger partial charge in [0.2, 0.25) is 0 Å². The van der Waals surface area contributed by atoms with Gasteiger partial charge in [-0.15, -0.1) is 0 Å². The fourth-order valence-electron chi connectivity index (χ4n) is 1.38. The highest BCUT2D eigenvalue weighted by Gasteiger charge is 2.21. The van der Waals surface area contributed by atoms with E-state index in [1.54, 1.807) is 12.1 Å². The van der Waals surface area contributed by atoms with Crippen LogP contribution in [0.2, 0.25) is 0 Å². The Balaban J connectivity index is 3.35. The summed E-state index contributed by atoms with van der Waals surface area (Å²) < 4.78 is 13.8. The number of hydrogen-bond donors (Lipinski definition) is 0. The summed E-state index contributed by atoms with van der Waals surface area (Å²) in [6, 6.07) is 4.97. The van der Waals surface area contributed by atoms with Gasteiger partial charge in [-0.25, -0.2) is 4.39 Å². The normalized spacial score (nSPS) is 11.5. The summed E-state index contributed by atoms with van der Waals surface area (Å²) in [5, 5.41) is 0. The van der Waals surface area contributed by atoms with Gasteiger partial charge in [-0.1, -0.05) is 32.9 Å². The largest absolute Gasteiger partial charge is 0.294 e. The number of carbonyl (C=O) groups excluding carboxylic acids is 1. The Morgan fingerprint density at radius 3 is 2.29 bits per heavy atom. The van der Waals surface area contributed by atoms with Crippen LogP contribution in [0.4, 0.5) is 4.39 Å². The van der Waals surface area contributed by atoms with E-state index < -0.39 is 0 Å². The quantitative estimate of drug-likeness (QED) is 0.627. The van der Waals surface area contributed by atoms with Crippen molar-refractivity contribution in [3.05, 3.63) is 35.1 Å². The highest BCUT2D eigenvalue weighted by molar-refractivity contribution is 5.94. The van der Waals surface area contributed by atoms with Gasteiger partial charge in [-0.3, -0.25) is 4.79 Å². The molecule has 2 heteroatoms. The summed E-state index contributed by atoms with van der Waals surface area (Å²) >= 11 is 0. The summed E-state index contributed by atoms with van der Waals surface area (Å²) in [6.07, 6.45) is 0. The van der Waals surface area contributed by atoms with Crippen molar-refractivity contribution in [2.45, 2.75) is 33.1 Å². The standard InChI is InChI=1S/C12H15FO/c1-8(14)9-6-5-7-10(11(9)13)12(2,3)4/h5-7H,1-4H3. The van der Waals surface area contributed by atoms with Crippen LogP contribution < -0.4 is 0 Å². The van der Waals surface area contributed by atoms with Crippen LogP contribution >= 0.6 is 0 Å². The van der Waals surface area contributed by atoms with Crippen LogP contribution in [0.5, 0.6) is 0 Å². The summed E-state index contributed by atoms with van der Waals surface area (Å²) in [6.45, 7) is 7.16. The Labute approximate surface area is 83.9 Å². The lowest BCUT2D eigenvalue weighted by Crippen LogP contribution is -2.15. The molecular formula is C12H15FO. The lowest BCUT2D eigenvalue weighted by Gasteiger charge is -2.20. The Morgan fingerprint density at radius 1 is 1.29 bits per heavy atom. The summed E-state index contributed by atoms with van der Waals surface area (Å²) in [5.74, 6) is -0.610. The highest BCUT2D eigenvalue weighted by Crippen LogP contribution is 2.26. The second-order valence-electron chi connectivity index (χ2n) is 4.47. The molecule has 0 N–H and O–H groups in total. The van der Waals surface area contributed by atoms with Crippen molar-refractivity contribution < 1.29 is 9.18 Å². The third kappa shape index (κ3) is 2.00. The lowest BCUT2D eigenvalue weighted by molar-refractivity contribution is 0.101. The number of halogens is 1. The van der Waals surface area contributed by atoms with Crippen molar-refractivity contribution in [3.8, 4) is 0 Å². The lowest BCUT2D eigenvalue weighted by atomic mass is 9.85. The number of hydrogen-bond acceptors (Lipinski definition) is 1. The van der Waals surface area contributed by atoms with Crippen LogP contribution in [0.1, 0.15) is 43.6 Å². The van der Waals surface area contributed by atoms with Crippen molar-refractivity contribution >= 4 is 5.78 Å². The molecule has 0 aromatic heterocycles. The van der Waals surface area contributed by atoms with Crippen LogP contribution in [0, 0.1) is 5.82 Å². The predicted molar refractivity (Wildman–Crippen MR) is 55.1 cm³/mol. The molecule has 0 aliphatic rings. The number of benzene rings is 1. The second-order valence-corrected chi connectivity index (χ2v) is 4.47. The molecule has 0 heterocycles. The zero-order valence-corrected chi connectivity index (χ0v) is 9.02. The van der Waals surface area contributed by atoms with Gasteiger partial charge in [0.1, 0.15) is 5.82 Å². The van der Waals surface area contributed by atoms with Crippen molar-refractivity contribution in [2.75, 3.05) is 0 Å². The predicted octanol–water partition coefficient (Wildman–Crippen LogP) is 3.33. The van der Waals surface area contributed by atoms with Crippen LogP contribution in [0.15, 0.2) is 18.2 Å². The third-order valence-corrected chi connectivity index (χ3v) is 2.19. The second kappa shape index (κ2) is 3.52. The van der Waals surface area contributed by atoms with Crippen molar-refractivity contribution in [1.29, 1.82) is 0 Å². The molecule has 1 aromatic rings. The molecule has 0 aliphatic carbocycles. The maximum absolute atomic E-state index is 13.8. The van der Waals surface area contributed by atoms with Gasteiger partial charge in [0.25, 0.3) is 0 Å². The first-order valence-corrected chi connectivity index (χ1v) is 4.64. The average molecular weight is 194 g/mol. The molecule has 76 valence electrons. The van der Waals surface area contributed by atoms with E-state index in [1.807, 2.05) is 20.8 Å². The van der Waals surface area contributed by atoms with Crippen molar-refractivity contribution in [3.63, 3.8) is 0 Å². The fraction of sp³-hybridized carbons (Fsp3) is 0.417. The molecular weight excluding hydrogens is 179 g/mol. The third-order valence-electron chi connectivity index (χ3n) is 2.19. The van der Waals surface area contributed by atoms with E-state index in [1.165, 1.54) is 13.0 Å². The minimum Gasteiger partial charge on any atom is -0.294 e. The van der Waals surface area contributed by atoms with E-state index >= 15 is 0 Å². The first-order chi connectivity index (χ1) is 6.34. The van der Waals surface area contributed by atoms with Gasteiger partial charge < -0.3 is 0 Å². The maximum Gasteiger partial charge on any atom is 0.162 e. The van der Waals surface area contributed by atoms with E-state index in [4.69, 9.17) is 0 Å². The molecule has 14 heavy (non-hydrogen) atoms. The molecule has 0 unspecified atom stereocenters. The van der Waals surface area contributed by atoms with Crippen molar-refractivity contribution in [1.82, 2.24) is 0 Å². The zero-order chi connectivity index (χ0) is 10.9. The Kier molecular flexibility index (Phi) is 2.74. The minimum absolute atomic E-state index is 0.178. The molecule has 0 saturated carbocycles. The van der Waals surface area contributed by atoms with E-state index in [0.717, 1.165) is 0 Å². The minimum atomic E-state index is -0.382. The molecule has 0 aliphatic heterocycles. The monoisotopic (exact) mass is 194 g/mol. The molecule has 1 rings (SSSR count). The average Bonchev–Trinajstić information content (AvgIpc) is 2.01. The van der Waals surface area contributed by atoms with Gasteiger partial charge in [0.15, 0.2) is 5.78 Å².